The number of rotatable bonds is 5. The Balaban J connectivity index is 2.58. The van der Waals surface area contributed by atoms with Crippen molar-refractivity contribution < 1.29 is 4.79 Å². The molecule has 8 heteroatoms. The highest BCUT2D eigenvalue weighted by molar-refractivity contribution is 7.99. The third-order valence-corrected chi connectivity index (χ3v) is 3.05. The Kier molecular flexibility index (Phi) is 5.43. The van der Waals surface area contributed by atoms with E-state index in [9.17, 15) is 4.79 Å². The van der Waals surface area contributed by atoms with Gasteiger partial charge in [0.25, 0.3) is 0 Å². The average Bonchev–Trinajstić information content (AvgIpc) is 2.27. The SMILES string of the molecule is CCN(CC)C(=O)CSc1nc(N)nc(Cl)n1. The largest absolute Gasteiger partial charge is 0.368 e. The molecule has 2 N–H and O–H groups in total. The molecule has 1 aromatic heterocycles. The van der Waals surface area contributed by atoms with Crippen LogP contribution in [-0.2, 0) is 4.79 Å². The number of thioether (sulfide) groups is 1. The van der Waals surface area contributed by atoms with Gasteiger partial charge in [-0.05, 0) is 25.4 Å². The molecule has 94 valence electrons. The molecule has 0 saturated heterocycles. The Labute approximate surface area is 109 Å². The summed E-state index contributed by atoms with van der Waals surface area (Å²) in [6, 6.07) is 0. The second-order valence-electron chi connectivity index (χ2n) is 3.10. The molecular formula is C9H14ClN5OS. The number of nitrogens with zero attached hydrogens (tertiary/aromatic N) is 4. The summed E-state index contributed by atoms with van der Waals surface area (Å²) in [5.41, 5.74) is 5.42. The Morgan fingerprint density at radius 2 is 2.00 bits per heavy atom. The van der Waals surface area contributed by atoms with Gasteiger partial charge in [0.1, 0.15) is 0 Å². The lowest BCUT2D eigenvalue weighted by molar-refractivity contribution is -0.127. The van der Waals surface area contributed by atoms with Crippen molar-refractivity contribution in [2.45, 2.75) is 19.0 Å². The number of hydrogen-bond acceptors (Lipinski definition) is 6. The van der Waals surface area contributed by atoms with Crippen LogP contribution in [0.25, 0.3) is 0 Å². The van der Waals surface area contributed by atoms with Crippen LogP contribution >= 0.6 is 23.4 Å². The molecule has 0 saturated carbocycles. The van der Waals surface area contributed by atoms with E-state index in [-0.39, 0.29) is 22.9 Å². The van der Waals surface area contributed by atoms with E-state index in [1.54, 1.807) is 4.90 Å². The summed E-state index contributed by atoms with van der Waals surface area (Å²) in [5, 5.41) is 0.401. The van der Waals surface area contributed by atoms with E-state index in [0.29, 0.717) is 18.2 Å². The van der Waals surface area contributed by atoms with Crippen LogP contribution in [0.2, 0.25) is 5.28 Å². The van der Waals surface area contributed by atoms with Crippen LogP contribution < -0.4 is 5.73 Å². The summed E-state index contributed by atoms with van der Waals surface area (Å²) in [4.78, 5) is 24.8. The predicted molar refractivity (Wildman–Crippen MR) is 67.9 cm³/mol. The second-order valence-corrected chi connectivity index (χ2v) is 4.38. The van der Waals surface area contributed by atoms with Gasteiger partial charge < -0.3 is 10.6 Å². The fraction of sp³-hybridized carbons (Fsp3) is 0.556. The molecule has 0 aliphatic heterocycles. The fourth-order valence-electron chi connectivity index (χ4n) is 1.20. The molecule has 0 unspecified atom stereocenters. The number of hydrogen-bond donors (Lipinski definition) is 1. The smallest absolute Gasteiger partial charge is 0.233 e. The Morgan fingerprint density at radius 1 is 1.35 bits per heavy atom. The third kappa shape index (κ3) is 4.35. The van der Waals surface area contributed by atoms with Gasteiger partial charge in [0.05, 0.1) is 5.75 Å². The van der Waals surface area contributed by atoms with Crippen molar-refractivity contribution in [1.82, 2.24) is 19.9 Å². The van der Waals surface area contributed by atoms with Gasteiger partial charge in [-0.1, -0.05) is 11.8 Å². The van der Waals surface area contributed by atoms with Gasteiger partial charge in [-0.2, -0.15) is 15.0 Å². The minimum Gasteiger partial charge on any atom is -0.368 e. The standard InChI is InChI=1S/C9H14ClN5OS/c1-3-15(4-2)6(16)5-17-9-13-7(10)12-8(11)14-9/h3-5H2,1-2H3,(H2,11,12,13,14). The number of amides is 1. The first kappa shape index (κ1) is 14.0. The van der Waals surface area contributed by atoms with Crippen LogP contribution in [0.1, 0.15) is 13.8 Å². The highest BCUT2D eigenvalue weighted by atomic mass is 35.5. The lowest BCUT2D eigenvalue weighted by atomic mass is 10.5. The Hall–Kier alpha value is -1.08. The van der Waals surface area contributed by atoms with E-state index in [1.165, 1.54) is 11.8 Å². The molecule has 0 bridgehead atoms. The Bertz CT molecular complexity index is 379. The zero-order valence-corrected chi connectivity index (χ0v) is 11.3. The molecule has 0 fully saturated rings. The topological polar surface area (TPSA) is 85.0 Å². The maximum absolute atomic E-state index is 11.7. The van der Waals surface area contributed by atoms with Crippen molar-refractivity contribution in [2.75, 3.05) is 24.6 Å². The van der Waals surface area contributed by atoms with Gasteiger partial charge in [-0.25, -0.2) is 0 Å². The normalized spacial score (nSPS) is 10.3. The number of halogens is 1. The highest BCUT2D eigenvalue weighted by Gasteiger charge is 2.11. The van der Waals surface area contributed by atoms with Crippen molar-refractivity contribution in [2.24, 2.45) is 0 Å². The first-order valence-electron chi connectivity index (χ1n) is 5.14. The number of carbonyl (C=O) groups is 1. The molecule has 6 nitrogen and oxygen atoms in total. The van der Waals surface area contributed by atoms with E-state index in [0.717, 1.165) is 0 Å². The lowest BCUT2D eigenvalue weighted by Crippen LogP contribution is -2.31. The molecule has 0 aliphatic rings. The second kappa shape index (κ2) is 6.61. The monoisotopic (exact) mass is 275 g/mol. The average molecular weight is 276 g/mol. The third-order valence-electron chi connectivity index (χ3n) is 2.05. The summed E-state index contributed by atoms with van der Waals surface area (Å²) in [6.07, 6.45) is 0. The minimum atomic E-state index is 0.0371. The van der Waals surface area contributed by atoms with Crippen LogP contribution in [0.15, 0.2) is 5.16 Å². The highest BCUT2D eigenvalue weighted by Crippen LogP contribution is 2.15. The molecule has 1 heterocycles. The molecule has 0 aromatic carbocycles. The zero-order chi connectivity index (χ0) is 12.8. The fourth-order valence-corrected chi connectivity index (χ4v) is 2.17. The number of carbonyl (C=O) groups excluding carboxylic acids is 1. The summed E-state index contributed by atoms with van der Waals surface area (Å²) < 4.78 is 0. The van der Waals surface area contributed by atoms with E-state index in [4.69, 9.17) is 17.3 Å². The summed E-state index contributed by atoms with van der Waals surface area (Å²) >= 11 is 6.83. The van der Waals surface area contributed by atoms with E-state index in [1.807, 2.05) is 13.8 Å². The van der Waals surface area contributed by atoms with Gasteiger partial charge >= 0.3 is 0 Å². The van der Waals surface area contributed by atoms with Gasteiger partial charge in [0.15, 0.2) is 5.16 Å². The Morgan fingerprint density at radius 3 is 2.53 bits per heavy atom. The van der Waals surface area contributed by atoms with Gasteiger partial charge in [0, 0.05) is 13.1 Å². The zero-order valence-electron chi connectivity index (χ0n) is 9.68. The number of nitrogen functional groups attached to an aromatic ring is 1. The van der Waals surface area contributed by atoms with Crippen LogP contribution in [0, 0.1) is 0 Å². The molecule has 0 aliphatic carbocycles. The van der Waals surface area contributed by atoms with Crippen LogP contribution in [-0.4, -0.2) is 44.6 Å². The van der Waals surface area contributed by atoms with Crippen molar-refractivity contribution in [3.05, 3.63) is 5.28 Å². The minimum absolute atomic E-state index is 0.0371. The first-order chi connectivity index (χ1) is 8.06. The molecule has 1 amide bonds. The molecule has 0 spiro atoms. The number of aromatic nitrogens is 3. The summed E-state index contributed by atoms with van der Waals surface area (Å²) in [5.74, 6) is 0.361. The molecular weight excluding hydrogens is 262 g/mol. The maximum Gasteiger partial charge on any atom is 0.233 e. The number of anilines is 1. The van der Waals surface area contributed by atoms with E-state index < -0.39 is 0 Å². The maximum atomic E-state index is 11.7. The van der Waals surface area contributed by atoms with E-state index in [2.05, 4.69) is 15.0 Å². The lowest BCUT2D eigenvalue weighted by Gasteiger charge is -2.17. The summed E-state index contributed by atoms with van der Waals surface area (Å²) in [6.45, 7) is 5.25. The molecule has 17 heavy (non-hydrogen) atoms. The quantitative estimate of drug-likeness (QED) is 0.809. The van der Waals surface area contributed by atoms with Crippen molar-refractivity contribution >= 4 is 35.2 Å². The molecule has 0 radical (unpaired) electrons. The van der Waals surface area contributed by atoms with Crippen LogP contribution in [0.3, 0.4) is 0 Å². The van der Waals surface area contributed by atoms with Crippen molar-refractivity contribution in [1.29, 1.82) is 0 Å². The number of nitrogens with two attached hydrogens (primary N) is 1. The van der Waals surface area contributed by atoms with Crippen LogP contribution in [0.5, 0.6) is 0 Å². The molecule has 0 atom stereocenters. The van der Waals surface area contributed by atoms with Gasteiger partial charge in [0.2, 0.25) is 17.1 Å². The molecule has 1 aromatic rings. The van der Waals surface area contributed by atoms with Crippen molar-refractivity contribution in [3.8, 4) is 0 Å². The predicted octanol–water partition coefficient (Wildman–Crippen LogP) is 1.07. The van der Waals surface area contributed by atoms with Crippen molar-refractivity contribution in [3.63, 3.8) is 0 Å². The van der Waals surface area contributed by atoms with E-state index >= 15 is 0 Å². The molecule has 1 rings (SSSR count). The summed E-state index contributed by atoms with van der Waals surface area (Å²) in [7, 11) is 0. The first-order valence-corrected chi connectivity index (χ1v) is 6.50. The van der Waals surface area contributed by atoms with Gasteiger partial charge in [-0.15, -0.1) is 0 Å². The van der Waals surface area contributed by atoms with Gasteiger partial charge in [-0.3, -0.25) is 4.79 Å². The van der Waals surface area contributed by atoms with Crippen LogP contribution in [0.4, 0.5) is 5.95 Å².